The van der Waals surface area contributed by atoms with E-state index in [1.807, 2.05) is 54.6 Å². The summed E-state index contributed by atoms with van der Waals surface area (Å²) in [5.41, 5.74) is 2.02. The second kappa shape index (κ2) is 9.53. The molecule has 0 aliphatic rings. The van der Waals surface area contributed by atoms with Gasteiger partial charge in [0, 0.05) is 12.2 Å². The van der Waals surface area contributed by atoms with Gasteiger partial charge in [0.25, 0.3) is 0 Å². The molecular weight excluding hydrogens is 328 g/mol. The van der Waals surface area contributed by atoms with E-state index in [2.05, 4.69) is 9.97 Å². The molecule has 0 amide bonds. The molecule has 0 spiro atoms. The van der Waals surface area contributed by atoms with E-state index in [1.54, 1.807) is 12.4 Å². The summed E-state index contributed by atoms with van der Waals surface area (Å²) < 4.78 is 11.3. The Hall–Kier alpha value is -2.92. The fourth-order valence-electron chi connectivity index (χ4n) is 2.38. The predicted octanol–water partition coefficient (Wildman–Crippen LogP) is 3.87. The fourth-order valence-corrected chi connectivity index (χ4v) is 2.38. The summed E-state index contributed by atoms with van der Waals surface area (Å²) in [4.78, 5) is 8.75. The van der Waals surface area contributed by atoms with Gasteiger partial charge in [-0.15, -0.1) is 0 Å². The van der Waals surface area contributed by atoms with Crippen LogP contribution in [0.3, 0.4) is 0 Å². The van der Waals surface area contributed by atoms with Gasteiger partial charge < -0.3 is 14.6 Å². The van der Waals surface area contributed by atoms with Crippen LogP contribution in [0.4, 0.5) is 0 Å². The maximum Gasteiger partial charge on any atom is 0.159 e. The van der Waals surface area contributed by atoms with Crippen molar-refractivity contribution in [3.63, 3.8) is 0 Å². The van der Waals surface area contributed by atoms with E-state index in [-0.39, 0.29) is 6.61 Å². The molecule has 26 heavy (non-hydrogen) atoms. The average Bonchev–Trinajstić information content (AvgIpc) is 2.71. The summed E-state index contributed by atoms with van der Waals surface area (Å²) in [6, 6.07) is 17.6. The van der Waals surface area contributed by atoms with Gasteiger partial charge in [-0.1, -0.05) is 30.3 Å². The van der Waals surface area contributed by atoms with Crippen molar-refractivity contribution in [3.05, 3.63) is 72.6 Å². The lowest BCUT2D eigenvalue weighted by atomic mass is 10.2. The molecule has 3 rings (SSSR count). The Balaban J connectivity index is 1.54. The van der Waals surface area contributed by atoms with Gasteiger partial charge >= 0.3 is 0 Å². The standard InChI is InChI=1S/C21H22N2O3/c24-12-4-5-13-25-19-10-8-18(9-11-19)21-22-14-20(15-23-21)26-16-17-6-2-1-3-7-17/h1-3,6-11,14-15,24H,4-5,12-13,16H2. The number of rotatable bonds is 9. The molecule has 0 aliphatic heterocycles. The lowest BCUT2D eigenvalue weighted by molar-refractivity contribution is 0.253. The molecule has 0 saturated carbocycles. The smallest absolute Gasteiger partial charge is 0.159 e. The summed E-state index contributed by atoms with van der Waals surface area (Å²) >= 11 is 0. The van der Waals surface area contributed by atoms with E-state index in [9.17, 15) is 0 Å². The first-order valence-corrected chi connectivity index (χ1v) is 8.68. The minimum Gasteiger partial charge on any atom is -0.494 e. The van der Waals surface area contributed by atoms with Gasteiger partial charge in [0.1, 0.15) is 12.4 Å². The molecule has 0 aliphatic carbocycles. The third kappa shape index (κ3) is 5.29. The second-order valence-electron chi connectivity index (χ2n) is 5.82. The fraction of sp³-hybridized carbons (Fsp3) is 0.238. The van der Waals surface area contributed by atoms with Gasteiger partial charge in [-0.25, -0.2) is 9.97 Å². The summed E-state index contributed by atoms with van der Waals surface area (Å²) in [6.45, 7) is 1.29. The van der Waals surface area contributed by atoms with Crippen LogP contribution in [0, 0.1) is 0 Å². The summed E-state index contributed by atoms with van der Waals surface area (Å²) in [7, 11) is 0. The van der Waals surface area contributed by atoms with Crippen LogP contribution >= 0.6 is 0 Å². The Morgan fingerprint density at radius 1 is 0.769 bits per heavy atom. The van der Waals surface area contributed by atoms with Crippen LogP contribution in [-0.4, -0.2) is 28.3 Å². The molecule has 0 radical (unpaired) electrons. The highest BCUT2D eigenvalue weighted by atomic mass is 16.5. The molecule has 0 bridgehead atoms. The van der Waals surface area contributed by atoms with Crippen LogP contribution < -0.4 is 9.47 Å². The van der Waals surface area contributed by atoms with E-state index in [1.165, 1.54) is 0 Å². The Bertz CT molecular complexity index is 775. The van der Waals surface area contributed by atoms with E-state index in [4.69, 9.17) is 14.6 Å². The largest absolute Gasteiger partial charge is 0.494 e. The van der Waals surface area contributed by atoms with Crippen molar-refractivity contribution < 1.29 is 14.6 Å². The van der Waals surface area contributed by atoms with Crippen molar-refractivity contribution >= 4 is 0 Å². The van der Waals surface area contributed by atoms with E-state index in [0.29, 0.717) is 24.8 Å². The van der Waals surface area contributed by atoms with Crippen molar-refractivity contribution in [2.75, 3.05) is 13.2 Å². The summed E-state index contributed by atoms with van der Waals surface area (Å²) in [5.74, 6) is 2.08. The maximum atomic E-state index is 8.76. The molecule has 134 valence electrons. The molecule has 5 heteroatoms. The van der Waals surface area contributed by atoms with Crippen LogP contribution in [-0.2, 0) is 6.61 Å². The summed E-state index contributed by atoms with van der Waals surface area (Å²) in [6.07, 6.45) is 4.96. The molecule has 0 fully saturated rings. The van der Waals surface area contributed by atoms with Crippen LogP contribution in [0.2, 0.25) is 0 Å². The minimum atomic E-state index is 0.199. The molecule has 3 aromatic rings. The topological polar surface area (TPSA) is 64.5 Å². The Morgan fingerprint density at radius 3 is 2.19 bits per heavy atom. The molecule has 0 atom stereocenters. The Morgan fingerprint density at radius 2 is 1.50 bits per heavy atom. The highest BCUT2D eigenvalue weighted by molar-refractivity contribution is 5.56. The summed E-state index contributed by atoms with van der Waals surface area (Å²) in [5, 5.41) is 8.76. The Kier molecular flexibility index (Phi) is 6.56. The normalized spacial score (nSPS) is 10.5. The van der Waals surface area contributed by atoms with Crippen molar-refractivity contribution in [1.29, 1.82) is 0 Å². The number of unbranched alkanes of at least 4 members (excludes halogenated alkanes) is 1. The monoisotopic (exact) mass is 350 g/mol. The zero-order valence-electron chi connectivity index (χ0n) is 14.5. The van der Waals surface area contributed by atoms with Crippen LogP contribution in [0.25, 0.3) is 11.4 Å². The van der Waals surface area contributed by atoms with Crippen LogP contribution in [0.5, 0.6) is 11.5 Å². The van der Waals surface area contributed by atoms with Crippen molar-refractivity contribution in [2.45, 2.75) is 19.4 Å². The first kappa shape index (κ1) is 17.9. The third-order valence-electron chi connectivity index (χ3n) is 3.81. The van der Waals surface area contributed by atoms with Crippen LogP contribution in [0.15, 0.2) is 67.0 Å². The number of nitrogens with zero attached hydrogens (tertiary/aromatic N) is 2. The number of aromatic nitrogens is 2. The van der Waals surface area contributed by atoms with Gasteiger partial charge in [0.05, 0.1) is 19.0 Å². The van der Waals surface area contributed by atoms with E-state index >= 15 is 0 Å². The second-order valence-corrected chi connectivity index (χ2v) is 5.82. The number of benzene rings is 2. The SMILES string of the molecule is OCCCCOc1ccc(-c2ncc(OCc3ccccc3)cn2)cc1. The lowest BCUT2D eigenvalue weighted by Gasteiger charge is -2.08. The molecular formula is C21H22N2O3. The first-order chi connectivity index (χ1) is 12.8. The van der Waals surface area contributed by atoms with Crippen molar-refractivity contribution in [2.24, 2.45) is 0 Å². The highest BCUT2D eigenvalue weighted by Gasteiger charge is 2.03. The predicted molar refractivity (Wildman–Crippen MR) is 100 cm³/mol. The molecule has 1 heterocycles. The minimum absolute atomic E-state index is 0.199. The number of ether oxygens (including phenoxy) is 2. The van der Waals surface area contributed by atoms with E-state index < -0.39 is 0 Å². The third-order valence-corrected chi connectivity index (χ3v) is 3.81. The van der Waals surface area contributed by atoms with Gasteiger partial charge in [-0.3, -0.25) is 0 Å². The van der Waals surface area contributed by atoms with Gasteiger partial charge in [-0.2, -0.15) is 0 Å². The molecule has 0 unspecified atom stereocenters. The lowest BCUT2D eigenvalue weighted by Crippen LogP contribution is -1.99. The number of hydrogen-bond donors (Lipinski definition) is 1. The van der Waals surface area contributed by atoms with Gasteiger partial charge in [0.15, 0.2) is 11.6 Å². The number of hydrogen-bond acceptors (Lipinski definition) is 5. The quantitative estimate of drug-likeness (QED) is 0.594. The van der Waals surface area contributed by atoms with E-state index in [0.717, 1.165) is 29.7 Å². The van der Waals surface area contributed by atoms with Crippen molar-refractivity contribution in [3.8, 4) is 22.9 Å². The molecule has 0 saturated heterocycles. The first-order valence-electron chi connectivity index (χ1n) is 8.68. The average molecular weight is 350 g/mol. The number of aliphatic hydroxyl groups is 1. The highest BCUT2D eigenvalue weighted by Crippen LogP contribution is 2.21. The van der Waals surface area contributed by atoms with Crippen LogP contribution in [0.1, 0.15) is 18.4 Å². The maximum absolute atomic E-state index is 8.76. The molecule has 2 aromatic carbocycles. The number of aliphatic hydroxyl groups excluding tert-OH is 1. The zero-order chi connectivity index (χ0) is 18.0. The molecule has 1 N–H and O–H groups in total. The van der Waals surface area contributed by atoms with Crippen molar-refractivity contribution in [1.82, 2.24) is 9.97 Å². The molecule has 5 nitrogen and oxygen atoms in total. The van der Waals surface area contributed by atoms with Gasteiger partial charge in [0.2, 0.25) is 0 Å². The molecule has 1 aromatic heterocycles. The van der Waals surface area contributed by atoms with Gasteiger partial charge in [-0.05, 0) is 42.7 Å². The zero-order valence-corrected chi connectivity index (χ0v) is 14.5. The Labute approximate surface area is 153 Å².